The van der Waals surface area contributed by atoms with Gasteiger partial charge >= 0.3 is 6.18 Å². The molecule has 27 heavy (non-hydrogen) atoms. The summed E-state index contributed by atoms with van der Waals surface area (Å²) in [6.45, 7) is 0.0211. The highest BCUT2D eigenvalue weighted by molar-refractivity contribution is 6.30. The minimum absolute atomic E-state index is 0.0211. The fraction of sp³-hybridized carbons (Fsp3) is 0.250. The van der Waals surface area contributed by atoms with Crippen molar-refractivity contribution in [1.29, 1.82) is 0 Å². The first kappa shape index (κ1) is 18.9. The lowest BCUT2D eigenvalue weighted by atomic mass is 10.2. The zero-order valence-electron chi connectivity index (χ0n) is 13.9. The highest BCUT2D eigenvalue weighted by Crippen LogP contribution is 2.30. The Morgan fingerprint density at radius 3 is 2.67 bits per heavy atom. The number of aryl methyl sites for hydroxylation is 1. The maximum atomic E-state index is 12.9. The second kappa shape index (κ2) is 7.39. The Morgan fingerprint density at radius 1 is 1.30 bits per heavy atom. The van der Waals surface area contributed by atoms with Gasteiger partial charge in [0.15, 0.2) is 5.69 Å². The molecule has 0 saturated heterocycles. The van der Waals surface area contributed by atoms with Crippen molar-refractivity contribution in [3.63, 3.8) is 0 Å². The van der Waals surface area contributed by atoms with Crippen LogP contribution in [0.4, 0.5) is 13.2 Å². The van der Waals surface area contributed by atoms with E-state index in [1.165, 1.54) is 7.05 Å². The number of benzene rings is 1. The van der Waals surface area contributed by atoms with Gasteiger partial charge in [0.2, 0.25) is 11.7 Å². The molecule has 0 aliphatic rings. The van der Waals surface area contributed by atoms with Crippen LogP contribution in [0.25, 0.3) is 11.4 Å². The van der Waals surface area contributed by atoms with Crippen molar-refractivity contribution in [2.45, 2.75) is 12.6 Å². The molecule has 0 unspecified atom stereocenters. The number of nitrogens with one attached hydrogen (secondary N) is 1. The van der Waals surface area contributed by atoms with E-state index in [9.17, 15) is 18.0 Å². The van der Waals surface area contributed by atoms with Crippen molar-refractivity contribution in [3.8, 4) is 11.4 Å². The van der Waals surface area contributed by atoms with Crippen LogP contribution in [0.3, 0.4) is 0 Å². The molecule has 1 amide bonds. The number of rotatable bonds is 5. The molecule has 7 nitrogen and oxygen atoms in total. The van der Waals surface area contributed by atoms with Gasteiger partial charge in [0.1, 0.15) is 0 Å². The van der Waals surface area contributed by atoms with E-state index >= 15 is 0 Å². The summed E-state index contributed by atoms with van der Waals surface area (Å²) in [5.74, 6) is -0.296. The topological polar surface area (TPSA) is 85.8 Å². The molecule has 0 bridgehead atoms. The van der Waals surface area contributed by atoms with Crippen LogP contribution in [0, 0.1) is 0 Å². The Kier molecular flexibility index (Phi) is 5.17. The summed E-state index contributed by atoms with van der Waals surface area (Å²) in [5.41, 5.74) is -1.08. The number of amides is 1. The van der Waals surface area contributed by atoms with Crippen LogP contribution in [0.1, 0.15) is 21.9 Å². The zero-order valence-corrected chi connectivity index (χ0v) is 14.7. The predicted octanol–water partition coefficient (Wildman–Crippen LogP) is 3.11. The van der Waals surface area contributed by atoms with Crippen molar-refractivity contribution in [3.05, 3.63) is 52.6 Å². The second-order valence-corrected chi connectivity index (χ2v) is 6.02. The van der Waals surface area contributed by atoms with Crippen molar-refractivity contribution < 1.29 is 22.5 Å². The lowest BCUT2D eigenvalue weighted by molar-refractivity contribution is -0.141. The van der Waals surface area contributed by atoms with Gasteiger partial charge in [0.25, 0.3) is 5.91 Å². The Labute approximate surface area is 156 Å². The smallest absolute Gasteiger partial charge is 0.351 e. The molecule has 0 fully saturated rings. The third-order valence-electron chi connectivity index (χ3n) is 3.54. The molecule has 1 aromatic carbocycles. The molecule has 0 saturated carbocycles. The van der Waals surface area contributed by atoms with Crippen molar-refractivity contribution in [1.82, 2.24) is 25.2 Å². The van der Waals surface area contributed by atoms with Crippen LogP contribution in [0.15, 0.2) is 35.0 Å². The summed E-state index contributed by atoms with van der Waals surface area (Å²) >= 11 is 5.81. The van der Waals surface area contributed by atoms with E-state index in [1.54, 1.807) is 24.3 Å². The summed E-state index contributed by atoms with van der Waals surface area (Å²) in [4.78, 5) is 16.2. The molecular formula is C16H13ClF3N5O2. The van der Waals surface area contributed by atoms with Crippen LogP contribution in [-0.2, 0) is 19.6 Å². The number of carbonyl (C=O) groups excluding carboxylic acids is 1. The van der Waals surface area contributed by atoms with E-state index in [2.05, 4.69) is 20.6 Å². The molecule has 1 N–H and O–H groups in total. The average Bonchev–Trinajstić information content (AvgIpc) is 3.22. The normalized spacial score (nSPS) is 11.6. The van der Waals surface area contributed by atoms with E-state index < -0.39 is 23.3 Å². The Balaban J connectivity index is 1.61. The summed E-state index contributed by atoms with van der Waals surface area (Å²) in [6.07, 6.45) is -3.54. The van der Waals surface area contributed by atoms with Gasteiger partial charge in [-0.05, 0) is 24.3 Å². The summed E-state index contributed by atoms with van der Waals surface area (Å²) in [7, 11) is 1.31. The molecule has 11 heteroatoms. The minimum atomic E-state index is -4.71. The van der Waals surface area contributed by atoms with Crippen molar-refractivity contribution >= 4 is 17.5 Å². The van der Waals surface area contributed by atoms with Gasteiger partial charge in [0.05, 0.1) is 5.56 Å². The standard InChI is InChI=1S/C16H13ClF3N5O2/c1-25-8-11(13(23-25)16(18,19)20)15(26)21-7-6-12-22-14(24-27-12)9-2-4-10(17)5-3-9/h2-5,8H,6-7H2,1H3,(H,21,26). The number of carbonyl (C=O) groups is 1. The van der Waals surface area contributed by atoms with Crippen LogP contribution in [-0.4, -0.2) is 32.4 Å². The Hall–Kier alpha value is -2.88. The van der Waals surface area contributed by atoms with E-state index in [-0.39, 0.29) is 18.9 Å². The monoisotopic (exact) mass is 399 g/mol. The molecule has 0 radical (unpaired) electrons. The Bertz CT molecular complexity index is 950. The van der Waals surface area contributed by atoms with Crippen LogP contribution in [0.2, 0.25) is 5.02 Å². The molecule has 2 aromatic heterocycles. The molecule has 3 aromatic rings. The predicted molar refractivity (Wildman–Crippen MR) is 89.0 cm³/mol. The lowest BCUT2D eigenvalue weighted by Gasteiger charge is -2.06. The number of halogens is 4. The highest BCUT2D eigenvalue weighted by Gasteiger charge is 2.38. The largest absolute Gasteiger partial charge is 0.435 e. The molecule has 3 rings (SSSR count). The number of hydrogen-bond acceptors (Lipinski definition) is 5. The summed E-state index contributed by atoms with van der Waals surface area (Å²) < 4.78 is 44.7. The quantitative estimate of drug-likeness (QED) is 0.712. The number of alkyl halides is 3. The Morgan fingerprint density at radius 2 is 2.00 bits per heavy atom. The third-order valence-corrected chi connectivity index (χ3v) is 3.79. The molecule has 0 aliphatic heterocycles. The van der Waals surface area contributed by atoms with Gasteiger partial charge in [-0.25, -0.2) is 0 Å². The number of nitrogens with zero attached hydrogens (tertiary/aromatic N) is 4. The SMILES string of the molecule is Cn1cc(C(=O)NCCc2nc(-c3ccc(Cl)cc3)no2)c(C(F)(F)F)n1. The number of aromatic nitrogens is 4. The fourth-order valence-corrected chi connectivity index (χ4v) is 2.44. The summed E-state index contributed by atoms with van der Waals surface area (Å²) in [5, 5.41) is 10.1. The molecule has 0 aliphatic carbocycles. The van der Waals surface area contributed by atoms with E-state index in [4.69, 9.17) is 16.1 Å². The minimum Gasteiger partial charge on any atom is -0.351 e. The van der Waals surface area contributed by atoms with Gasteiger partial charge < -0.3 is 9.84 Å². The first-order valence-electron chi connectivity index (χ1n) is 7.71. The van der Waals surface area contributed by atoms with Gasteiger partial charge in [-0.2, -0.15) is 23.3 Å². The van der Waals surface area contributed by atoms with Crippen LogP contribution < -0.4 is 5.32 Å². The number of hydrogen-bond donors (Lipinski definition) is 1. The maximum Gasteiger partial charge on any atom is 0.435 e. The fourth-order valence-electron chi connectivity index (χ4n) is 2.31. The second-order valence-electron chi connectivity index (χ2n) is 5.59. The molecule has 0 spiro atoms. The van der Waals surface area contributed by atoms with E-state index in [1.807, 2.05) is 0 Å². The van der Waals surface area contributed by atoms with Gasteiger partial charge in [-0.3, -0.25) is 9.48 Å². The first-order valence-corrected chi connectivity index (χ1v) is 8.09. The highest BCUT2D eigenvalue weighted by atomic mass is 35.5. The molecule has 142 valence electrons. The lowest BCUT2D eigenvalue weighted by Crippen LogP contribution is -2.27. The van der Waals surface area contributed by atoms with Crippen molar-refractivity contribution in [2.24, 2.45) is 7.05 Å². The third kappa shape index (κ3) is 4.45. The van der Waals surface area contributed by atoms with E-state index in [0.29, 0.717) is 16.4 Å². The molecule has 2 heterocycles. The van der Waals surface area contributed by atoms with Gasteiger partial charge in [0, 0.05) is 36.8 Å². The van der Waals surface area contributed by atoms with Crippen LogP contribution >= 0.6 is 11.6 Å². The summed E-state index contributed by atoms with van der Waals surface area (Å²) in [6, 6.07) is 6.80. The van der Waals surface area contributed by atoms with Crippen LogP contribution in [0.5, 0.6) is 0 Å². The van der Waals surface area contributed by atoms with Gasteiger partial charge in [-0.15, -0.1) is 0 Å². The van der Waals surface area contributed by atoms with Gasteiger partial charge in [-0.1, -0.05) is 16.8 Å². The maximum absolute atomic E-state index is 12.9. The van der Waals surface area contributed by atoms with Crippen molar-refractivity contribution in [2.75, 3.05) is 6.54 Å². The zero-order chi connectivity index (χ0) is 19.6. The molecular weight excluding hydrogens is 387 g/mol. The molecule has 0 atom stereocenters. The van der Waals surface area contributed by atoms with E-state index in [0.717, 1.165) is 10.9 Å². The first-order chi connectivity index (χ1) is 12.7. The average molecular weight is 400 g/mol.